The molecule has 23 heavy (non-hydrogen) atoms. The average Bonchev–Trinajstić information content (AvgIpc) is 2.59. The third-order valence-corrected chi connectivity index (χ3v) is 5.54. The lowest BCUT2D eigenvalue weighted by Crippen LogP contribution is -2.45. The van der Waals surface area contributed by atoms with E-state index < -0.39 is 17.9 Å². The van der Waals surface area contributed by atoms with Crippen molar-refractivity contribution in [3.63, 3.8) is 0 Å². The molecule has 1 aliphatic carbocycles. The van der Waals surface area contributed by atoms with E-state index in [1.807, 2.05) is 24.3 Å². The average molecular weight is 324 g/mol. The molecule has 0 bridgehead atoms. The van der Waals surface area contributed by atoms with Crippen molar-refractivity contribution in [3.05, 3.63) is 35.4 Å². The summed E-state index contributed by atoms with van der Waals surface area (Å²) in [6.07, 6.45) is 5.62. The molecule has 2 unspecified atom stereocenters. The highest BCUT2D eigenvalue weighted by Gasteiger charge is 2.46. The number of hydrogen-bond donors (Lipinski definition) is 1. The number of rotatable bonds is 7. The molecule has 1 nitrogen and oxygen atoms in total. The van der Waals surface area contributed by atoms with Crippen LogP contribution in [0, 0.1) is 11.8 Å². The standard InChI is InChI=1S/C20H30F2O/c1-3-4-8-16-11-13-18(14-12-16)20(23,15(2)19(21)22)17-9-6-5-7-10-17/h11-15,17,19,23H,3-10H2,1-2H3. The largest absolute Gasteiger partial charge is 0.384 e. The Kier molecular flexibility index (Phi) is 6.58. The molecule has 1 N–H and O–H groups in total. The predicted molar refractivity (Wildman–Crippen MR) is 90.7 cm³/mol. The van der Waals surface area contributed by atoms with E-state index in [4.69, 9.17) is 0 Å². The van der Waals surface area contributed by atoms with Gasteiger partial charge in [-0.3, -0.25) is 0 Å². The van der Waals surface area contributed by atoms with Crippen LogP contribution >= 0.6 is 0 Å². The van der Waals surface area contributed by atoms with E-state index in [9.17, 15) is 13.9 Å². The predicted octanol–water partition coefficient (Wildman–Crippen LogP) is 5.70. The second-order valence-corrected chi connectivity index (χ2v) is 7.08. The summed E-state index contributed by atoms with van der Waals surface area (Å²) in [4.78, 5) is 0. The van der Waals surface area contributed by atoms with E-state index >= 15 is 0 Å². The SMILES string of the molecule is CCCCc1ccc(C(O)(C2CCCCC2)C(C)C(F)F)cc1. The summed E-state index contributed by atoms with van der Waals surface area (Å²) in [7, 11) is 0. The van der Waals surface area contributed by atoms with Crippen LogP contribution in [-0.4, -0.2) is 11.5 Å². The van der Waals surface area contributed by atoms with Crippen molar-refractivity contribution < 1.29 is 13.9 Å². The first-order valence-corrected chi connectivity index (χ1v) is 9.10. The van der Waals surface area contributed by atoms with E-state index in [0.717, 1.165) is 51.4 Å². The van der Waals surface area contributed by atoms with Crippen molar-refractivity contribution in [2.75, 3.05) is 0 Å². The van der Waals surface area contributed by atoms with Gasteiger partial charge in [0, 0.05) is 0 Å². The minimum atomic E-state index is -2.51. The number of benzene rings is 1. The molecule has 3 heteroatoms. The Labute approximate surface area is 139 Å². The molecule has 0 radical (unpaired) electrons. The van der Waals surface area contributed by atoms with E-state index in [0.29, 0.717) is 5.56 Å². The highest BCUT2D eigenvalue weighted by atomic mass is 19.3. The van der Waals surface area contributed by atoms with E-state index in [2.05, 4.69) is 6.92 Å². The third-order valence-electron chi connectivity index (χ3n) is 5.54. The Bertz CT molecular complexity index is 465. The third kappa shape index (κ3) is 4.12. The Morgan fingerprint density at radius 2 is 1.74 bits per heavy atom. The van der Waals surface area contributed by atoms with Crippen molar-refractivity contribution in [2.45, 2.75) is 77.2 Å². The van der Waals surface area contributed by atoms with Gasteiger partial charge >= 0.3 is 0 Å². The Morgan fingerprint density at radius 3 is 2.26 bits per heavy atom. The summed E-state index contributed by atoms with van der Waals surface area (Å²) in [6.45, 7) is 3.64. The minimum Gasteiger partial charge on any atom is -0.384 e. The van der Waals surface area contributed by atoms with Gasteiger partial charge in [-0.1, -0.05) is 63.8 Å². The molecule has 1 fully saturated rings. The van der Waals surface area contributed by atoms with Crippen LogP contribution in [-0.2, 0) is 12.0 Å². The molecule has 0 amide bonds. The van der Waals surface area contributed by atoms with Gasteiger partial charge in [-0.05, 0) is 42.7 Å². The zero-order chi connectivity index (χ0) is 16.9. The van der Waals surface area contributed by atoms with Crippen molar-refractivity contribution in [1.29, 1.82) is 0 Å². The highest BCUT2D eigenvalue weighted by Crippen LogP contribution is 2.46. The first-order chi connectivity index (χ1) is 11.0. The fraction of sp³-hybridized carbons (Fsp3) is 0.700. The molecule has 130 valence electrons. The van der Waals surface area contributed by atoms with E-state index in [-0.39, 0.29) is 5.92 Å². The van der Waals surface area contributed by atoms with Crippen LogP contribution in [0.5, 0.6) is 0 Å². The zero-order valence-electron chi connectivity index (χ0n) is 14.4. The molecule has 1 saturated carbocycles. The van der Waals surface area contributed by atoms with Gasteiger partial charge in [0.25, 0.3) is 0 Å². The number of aliphatic hydroxyl groups is 1. The normalized spacial score (nSPS) is 20.4. The van der Waals surface area contributed by atoms with Crippen LogP contribution in [0.15, 0.2) is 24.3 Å². The summed E-state index contributed by atoms with van der Waals surface area (Å²) in [5.41, 5.74) is 0.460. The molecule has 0 heterocycles. The fourth-order valence-corrected chi connectivity index (χ4v) is 3.92. The maximum absolute atomic E-state index is 13.5. The molecule has 0 spiro atoms. The van der Waals surface area contributed by atoms with Crippen LogP contribution in [0.3, 0.4) is 0 Å². The van der Waals surface area contributed by atoms with Gasteiger partial charge in [-0.15, -0.1) is 0 Å². The molecule has 0 saturated heterocycles. The van der Waals surface area contributed by atoms with Crippen LogP contribution < -0.4 is 0 Å². The summed E-state index contributed by atoms with van der Waals surface area (Å²) >= 11 is 0. The molecule has 2 atom stereocenters. The Balaban J connectivity index is 2.28. The zero-order valence-corrected chi connectivity index (χ0v) is 14.4. The molecular weight excluding hydrogens is 294 g/mol. The van der Waals surface area contributed by atoms with Gasteiger partial charge in [0.05, 0.1) is 5.92 Å². The Hall–Kier alpha value is -0.960. The van der Waals surface area contributed by atoms with Crippen LogP contribution in [0.25, 0.3) is 0 Å². The summed E-state index contributed by atoms with van der Waals surface area (Å²) in [5.74, 6) is -1.12. The molecule has 1 aromatic rings. The van der Waals surface area contributed by atoms with Crippen LogP contribution in [0.1, 0.15) is 69.9 Å². The summed E-state index contributed by atoms with van der Waals surface area (Å²) < 4.78 is 26.9. The second-order valence-electron chi connectivity index (χ2n) is 7.08. The minimum absolute atomic E-state index is 0.0678. The molecule has 2 rings (SSSR count). The molecule has 0 aliphatic heterocycles. The lowest BCUT2D eigenvalue weighted by atomic mass is 9.67. The molecular formula is C20H30F2O. The topological polar surface area (TPSA) is 20.2 Å². The number of unbranched alkanes of at least 4 members (excludes halogenated alkanes) is 1. The van der Waals surface area contributed by atoms with Gasteiger partial charge in [-0.2, -0.15) is 0 Å². The summed E-state index contributed by atoms with van der Waals surface area (Å²) in [6, 6.07) is 7.74. The number of aryl methyl sites for hydroxylation is 1. The molecule has 0 aromatic heterocycles. The first kappa shape index (κ1) is 18.4. The van der Waals surface area contributed by atoms with E-state index in [1.165, 1.54) is 12.5 Å². The maximum atomic E-state index is 13.5. The highest BCUT2D eigenvalue weighted by molar-refractivity contribution is 5.29. The molecule has 1 aromatic carbocycles. The van der Waals surface area contributed by atoms with Gasteiger partial charge in [-0.25, -0.2) is 8.78 Å². The number of alkyl halides is 2. The summed E-state index contributed by atoms with van der Waals surface area (Å²) in [5, 5.41) is 11.3. The quantitative estimate of drug-likeness (QED) is 0.682. The smallest absolute Gasteiger partial charge is 0.244 e. The first-order valence-electron chi connectivity index (χ1n) is 9.10. The van der Waals surface area contributed by atoms with Crippen molar-refractivity contribution in [3.8, 4) is 0 Å². The van der Waals surface area contributed by atoms with Gasteiger partial charge < -0.3 is 5.11 Å². The lowest BCUT2D eigenvalue weighted by Gasteiger charge is -2.43. The van der Waals surface area contributed by atoms with E-state index in [1.54, 1.807) is 0 Å². The number of hydrogen-bond acceptors (Lipinski definition) is 1. The van der Waals surface area contributed by atoms with Crippen LogP contribution in [0.2, 0.25) is 0 Å². The van der Waals surface area contributed by atoms with Crippen molar-refractivity contribution >= 4 is 0 Å². The maximum Gasteiger partial charge on any atom is 0.244 e. The van der Waals surface area contributed by atoms with Crippen LogP contribution in [0.4, 0.5) is 8.78 Å². The second kappa shape index (κ2) is 8.23. The number of halogens is 2. The fourth-order valence-electron chi connectivity index (χ4n) is 3.92. The monoisotopic (exact) mass is 324 g/mol. The van der Waals surface area contributed by atoms with Crippen molar-refractivity contribution in [1.82, 2.24) is 0 Å². The van der Waals surface area contributed by atoms with Gasteiger partial charge in [0.15, 0.2) is 0 Å². The molecule has 1 aliphatic rings. The van der Waals surface area contributed by atoms with Gasteiger partial charge in [0.1, 0.15) is 5.60 Å². The van der Waals surface area contributed by atoms with Crippen molar-refractivity contribution in [2.24, 2.45) is 11.8 Å². The Morgan fingerprint density at radius 1 is 1.13 bits per heavy atom. The lowest BCUT2D eigenvalue weighted by molar-refractivity contribution is -0.128. The van der Waals surface area contributed by atoms with Gasteiger partial charge in [0.2, 0.25) is 6.43 Å².